The zero-order chi connectivity index (χ0) is 18.3. The summed E-state index contributed by atoms with van der Waals surface area (Å²) in [5, 5.41) is 34.6. The Morgan fingerprint density at radius 1 is 0.615 bits per heavy atom. The Labute approximate surface area is 155 Å². The Balaban J connectivity index is 1.26. The second kappa shape index (κ2) is 8.30. The fourth-order valence-electron chi connectivity index (χ4n) is 3.59. The second-order valence-corrected chi connectivity index (χ2v) is 9.00. The topological polar surface area (TPSA) is 143 Å². The molecule has 4 saturated heterocycles. The molecule has 4 N–H and O–H groups in total. The Morgan fingerprint density at radius 3 is 1.38 bits per heavy atom. The lowest BCUT2D eigenvalue weighted by Crippen LogP contribution is -2.36. The van der Waals surface area contributed by atoms with E-state index in [9.17, 15) is 0 Å². The van der Waals surface area contributed by atoms with Gasteiger partial charge in [0.2, 0.25) is 0 Å². The zero-order valence-electron chi connectivity index (χ0n) is 13.4. The van der Waals surface area contributed by atoms with E-state index in [1.165, 1.54) is 0 Å². The number of fused-ring (bicyclic) bond motifs is 2. The van der Waals surface area contributed by atoms with E-state index in [4.69, 9.17) is 49.5 Å². The van der Waals surface area contributed by atoms with Gasteiger partial charge < -0.3 is 18.9 Å². The Hall–Kier alpha value is 0.220. The molecule has 0 amide bonds. The maximum absolute atomic E-state index is 8.78. The van der Waals surface area contributed by atoms with E-state index in [0.29, 0.717) is 13.2 Å². The third kappa shape index (κ3) is 3.99. The molecule has 4 fully saturated rings. The molecule has 4 unspecified atom stereocenters. The van der Waals surface area contributed by atoms with Crippen molar-refractivity contribution in [1.29, 1.82) is 0 Å². The SMILES string of the molecule is ON(O)O[C@@H]1COC2C1OC[C@@H]2SS[C@H]1COC2C1OC[C@H]2ON(O)O. The van der Waals surface area contributed by atoms with Crippen LogP contribution in [0.4, 0.5) is 0 Å². The van der Waals surface area contributed by atoms with Gasteiger partial charge in [-0.05, 0) is 0 Å². The van der Waals surface area contributed by atoms with Crippen LogP contribution in [0.3, 0.4) is 0 Å². The van der Waals surface area contributed by atoms with Crippen LogP contribution in [-0.2, 0) is 28.6 Å². The van der Waals surface area contributed by atoms with E-state index in [-0.39, 0.29) is 58.9 Å². The molecule has 4 aliphatic rings. The van der Waals surface area contributed by atoms with Crippen LogP contribution < -0.4 is 0 Å². The molecule has 14 heteroatoms. The highest BCUT2D eigenvalue weighted by atomic mass is 33.1. The molecule has 4 aliphatic heterocycles. The summed E-state index contributed by atoms with van der Waals surface area (Å²) in [6.07, 6.45) is -2.25. The summed E-state index contributed by atoms with van der Waals surface area (Å²) in [7, 11) is 3.21. The lowest BCUT2D eigenvalue weighted by atomic mass is 10.1. The van der Waals surface area contributed by atoms with E-state index in [1.807, 2.05) is 0 Å². The van der Waals surface area contributed by atoms with Crippen LogP contribution in [0.2, 0.25) is 0 Å². The zero-order valence-corrected chi connectivity index (χ0v) is 15.0. The highest BCUT2D eigenvalue weighted by Gasteiger charge is 2.52. The minimum atomic E-state index is -0.569. The lowest BCUT2D eigenvalue weighted by Gasteiger charge is -2.19. The average Bonchev–Trinajstić information content (AvgIpc) is 3.30. The van der Waals surface area contributed by atoms with Gasteiger partial charge in [-0.2, -0.15) is 0 Å². The standard InChI is InChI=1S/C12H20N2O10S2/c15-13(16)23-5-1-19-11-7(3-21-9(5)11)25-26-8-4-22-10-6(24-14(17)18)2-20-12(8)10/h5-12,15-18H,1-4H2/t5-,6-,7+,8+,9?,10?,11?,12?/m1/s1. The summed E-state index contributed by atoms with van der Waals surface area (Å²) in [5.41, 5.74) is 0. The quantitative estimate of drug-likeness (QED) is 0.311. The highest BCUT2D eigenvalue weighted by Crippen LogP contribution is 2.45. The van der Waals surface area contributed by atoms with Crippen LogP contribution in [-0.4, -0.2) is 105 Å². The van der Waals surface area contributed by atoms with Gasteiger partial charge in [0.25, 0.3) is 0 Å². The summed E-state index contributed by atoms with van der Waals surface area (Å²) >= 11 is 0. The van der Waals surface area contributed by atoms with E-state index in [0.717, 1.165) is 0 Å². The molecular weight excluding hydrogens is 396 g/mol. The predicted octanol–water partition coefficient (Wildman–Crippen LogP) is -0.539. The predicted molar refractivity (Wildman–Crippen MR) is 82.3 cm³/mol. The maximum Gasteiger partial charge on any atom is 0.136 e. The molecule has 0 radical (unpaired) electrons. The average molecular weight is 416 g/mol. The lowest BCUT2D eigenvalue weighted by molar-refractivity contribution is -0.507. The third-order valence-electron chi connectivity index (χ3n) is 4.69. The molecule has 150 valence electrons. The van der Waals surface area contributed by atoms with Gasteiger partial charge in [-0.3, -0.25) is 20.8 Å². The normalized spacial score (nSPS) is 45.0. The number of hydrogen-bond acceptors (Lipinski definition) is 14. The molecule has 12 nitrogen and oxygen atoms in total. The van der Waals surface area contributed by atoms with Gasteiger partial charge in [-0.1, -0.05) is 21.6 Å². The molecule has 0 spiro atoms. The molecule has 0 aromatic heterocycles. The summed E-state index contributed by atoms with van der Waals surface area (Å²) < 4.78 is 22.8. The van der Waals surface area contributed by atoms with Crippen LogP contribution in [0.1, 0.15) is 0 Å². The van der Waals surface area contributed by atoms with Crippen molar-refractivity contribution < 1.29 is 49.5 Å². The second-order valence-electron chi connectivity index (χ2n) is 6.25. The third-order valence-corrected chi connectivity index (χ3v) is 7.92. The summed E-state index contributed by atoms with van der Waals surface area (Å²) in [6, 6.07) is 0. The van der Waals surface area contributed by atoms with Gasteiger partial charge in [-0.25, -0.2) is 9.68 Å². The van der Waals surface area contributed by atoms with Gasteiger partial charge in [0, 0.05) is 0 Å². The van der Waals surface area contributed by atoms with Gasteiger partial charge in [0.05, 0.1) is 47.7 Å². The maximum atomic E-state index is 8.78. The summed E-state index contributed by atoms with van der Waals surface area (Å²) in [5.74, 6) is 0. The van der Waals surface area contributed by atoms with Crippen molar-refractivity contribution >= 4 is 21.6 Å². The van der Waals surface area contributed by atoms with E-state index in [2.05, 4.69) is 0 Å². The molecule has 4 rings (SSSR count). The molecule has 0 bridgehead atoms. The number of hydrogen-bond donors (Lipinski definition) is 4. The number of rotatable bonds is 7. The molecule has 0 aromatic carbocycles. The van der Waals surface area contributed by atoms with Crippen LogP contribution in [0, 0.1) is 0 Å². The molecule has 8 atom stereocenters. The van der Waals surface area contributed by atoms with Gasteiger partial charge in [0.1, 0.15) is 36.6 Å². The first-order valence-corrected chi connectivity index (χ1v) is 10.3. The van der Waals surface area contributed by atoms with Crippen molar-refractivity contribution in [2.24, 2.45) is 0 Å². The van der Waals surface area contributed by atoms with Crippen LogP contribution in [0.25, 0.3) is 0 Å². The summed E-state index contributed by atoms with van der Waals surface area (Å²) in [4.78, 5) is 9.66. The smallest absolute Gasteiger partial charge is 0.136 e. The van der Waals surface area contributed by atoms with Crippen molar-refractivity contribution in [1.82, 2.24) is 10.8 Å². The first kappa shape index (κ1) is 19.5. The molecule has 0 aromatic rings. The molecule has 0 saturated carbocycles. The number of ether oxygens (including phenoxy) is 4. The first-order chi connectivity index (χ1) is 12.5. The highest BCUT2D eigenvalue weighted by molar-refractivity contribution is 8.77. The van der Waals surface area contributed by atoms with Crippen molar-refractivity contribution in [3.05, 3.63) is 0 Å². The minimum absolute atomic E-state index is 0.0577. The van der Waals surface area contributed by atoms with Crippen LogP contribution in [0.15, 0.2) is 0 Å². The molecule has 4 heterocycles. The summed E-state index contributed by atoms with van der Waals surface area (Å²) in [6.45, 7) is 1.35. The van der Waals surface area contributed by atoms with Crippen LogP contribution in [0.5, 0.6) is 0 Å². The van der Waals surface area contributed by atoms with Gasteiger partial charge >= 0.3 is 0 Å². The van der Waals surface area contributed by atoms with Crippen molar-refractivity contribution in [2.75, 3.05) is 26.4 Å². The minimum Gasteiger partial charge on any atom is -0.371 e. The van der Waals surface area contributed by atoms with Crippen molar-refractivity contribution in [2.45, 2.75) is 47.1 Å². The van der Waals surface area contributed by atoms with Crippen LogP contribution >= 0.6 is 21.6 Å². The molecule has 26 heavy (non-hydrogen) atoms. The fraction of sp³-hybridized carbons (Fsp3) is 1.00. The van der Waals surface area contributed by atoms with E-state index >= 15 is 0 Å². The Kier molecular flexibility index (Phi) is 6.24. The van der Waals surface area contributed by atoms with E-state index in [1.54, 1.807) is 21.6 Å². The Bertz CT molecular complexity index is 449. The number of nitrogens with zero attached hydrogens (tertiary/aromatic N) is 2. The molecular formula is C12H20N2O10S2. The van der Waals surface area contributed by atoms with Gasteiger partial charge in [0.15, 0.2) is 0 Å². The fourth-order valence-corrected chi connectivity index (χ4v) is 6.68. The van der Waals surface area contributed by atoms with Gasteiger partial charge in [-0.15, -0.1) is 0 Å². The Morgan fingerprint density at radius 2 is 1.00 bits per heavy atom. The van der Waals surface area contributed by atoms with Crippen molar-refractivity contribution in [3.8, 4) is 0 Å². The van der Waals surface area contributed by atoms with Crippen molar-refractivity contribution in [3.63, 3.8) is 0 Å². The first-order valence-electron chi connectivity index (χ1n) is 8.01. The van der Waals surface area contributed by atoms with E-state index < -0.39 is 12.2 Å². The molecule has 0 aliphatic carbocycles. The largest absolute Gasteiger partial charge is 0.371 e. The monoisotopic (exact) mass is 416 g/mol.